The van der Waals surface area contributed by atoms with Crippen molar-refractivity contribution in [3.8, 4) is 12.3 Å². The molecule has 11 heavy (non-hydrogen) atoms. The predicted molar refractivity (Wildman–Crippen MR) is 42.9 cm³/mol. The van der Waals surface area contributed by atoms with Gasteiger partial charge in [-0.2, -0.15) is 0 Å². The van der Waals surface area contributed by atoms with Crippen molar-refractivity contribution in [2.24, 2.45) is 0 Å². The second kappa shape index (κ2) is 5.75. The molecule has 0 radical (unpaired) electrons. The number of nitrogens with one attached hydrogen (secondary N) is 1. The van der Waals surface area contributed by atoms with Gasteiger partial charge in [-0.25, -0.2) is 0 Å². The lowest BCUT2D eigenvalue weighted by Gasteiger charge is -2.08. The van der Waals surface area contributed by atoms with Gasteiger partial charge in [0.1, 0.15) is 0 Å². The van der Waals surface area contributed by atoms with Crippen LogP contribution in [0.2, 0.25) is 0 Å². The van der Waals surface area contributed by atoms with Crippen LogP contribution >= 0.6 is 0 Å². The van der Waals surface area contributed by atoms with Gasteiger partial charge in [-0.3, -0.25) is 10.1 Å². The second-order valence-electron chi connectivity index (χ2n) is 2.08. The quantitative estimate of drug-likeness (QED) is 0.464. The van der Waals surface area contributed by atoms with Gasteiger partial charge in [-0.15, -0.1) is 6.42 Å². The molecule has 0 bridgehead atoms. The first kappa shape index (κ1) is 9.99. The van der Waals surface area contributed by atoms with Crippen LogP contribution in [0.5, 0.6) is 0 Å². The highest BCUT2D eigenvalue weighted by Crippen LogP contribution is 1.86. The number of terminal acetylenes is 1. The van der Waals surface area contributed by atoms with E-state index in [1.165, 1.54) is 7.11 Å². The molecule has 0 amide bonds. The second-order valence-corrected chi connectivity index (χ2v) is 2.08. The van der Waals surface area contributed by atoms with Crippen molar-refractivity contribution in [2.75, 3.05) is 13.7 Å². The van der Waals surface area contributed by atoms with Gasteiger partial charge >= 0.3 is 5.97 Å². The summed E-state index contributed by atoms with van der Waals surface area (Å²) in [6.45, 7) is 2.13. The Balaban J connectivity index is 3.52. The Labute approximate surface area is 67.1 Å². The highest BCUT2D eigenvalue weighted by molar-refractivity contribution is 5.71. The molecule has 0 heterocycles. The number of rotatable bonds is 4. The van der Waals surface area contributed by atoms with Gasteiger partial charge in [0, 0.05) is 0 Å². The first-order valence-electron chi connectivity index (χ1n) is 3.50. The lowest BCUT2D eigenvalue weighted by molar-refractivity contribution is -0.139. The van der Waals surface area contributed by atoms with Crippen molar-refractivity contribution in [2.45, 2.75) is 19.4 Å². The highest BCUT2D eigenvalue weighted by atomic mass is 16.5. The summed E-state index contributed by atoms with van der Waals surface area (Å²) in [5.74, 6) is 2.22. The third-order valence-corrected chi connectivity index (χ3v) is 1.33. The molecule has 3 heteroatoms. The van der Waals surface area contributed by atoms with E-state index in [0.29, 0.717) is 0 Å². The lowest BCUT2D eigenvalue weighted by Crippen LogP contribution is -2.32. The summed E-state index contributed by atoms with van der Waals surface area (Å²) < 4.78 is 4.42. The van der Waals surface area contributed by atoms with Gasteiger partial charge in [0.2, 0.25) is 0 Å². The third kappa shape index (κ3) is 4.40. The molecule has 0 aliphatic heterocycles. The average molecular weight is 155 g/mol. The SMILES string of the molecule is C#CC(CC)NCC(=O)OC. The van der Waals surface area contributed by atoms with E-state index in [0.717, 1.165) is 6.42 Å². The molecule has 0 aromatic carbocycles. The number of methoxy groups -OCH3 is 1. The molecule has 3 nitrogen and oxygen atoms in total. The Kier molecular flexibility index (Phi) is 5.22. The minimum absolute atomic E-state index is 0.0332. The van der Waals surface area contributed by atoms with E-state index < -0.39 is 0 Å². The van der Waals surface area contributed by atoms with E-state index in [9.17, 15) is 4.79 Å². The Morgan fingerprint density at radius 1 is 1.82 bits per heavy atom. The zero-order valence-corrected chi connectivity index (χ0v) is 6.89. The van der Waals surface area contributed by atoms with Crippen LogP contribution in [0.1, 0.15) is 13.3 Å². The van der Waals surface area contributed by atoms with Crippen molar-refractivity contribution in [1.82, 2.24) is 5.32 Å². The van der Waals surface area contributed by atoms with E-state index in [1.807, 2.05) is 6.92 Å². The predicted octanol–water partition coefficient (Wildman–Crippen LogP) is 0.161. The molecule has 0 aliphatic carbocycles. The smallest absolute Gasteiger partial charge is 0.319 e. The molecule has 0 spiro atoms. The van der Waals surface area contributed by atoms with Gasteiger partial charge in [-0.1, -0.05) is 12.8 Å². The topological polar surface area (TPSA) is 38.3 Å². The zero-order chi connectivity index (χ0) is 8.69. The molecular formula is C8H13NO2. The monoisotopic (exact) mass is 155 g/mol. The summed E-state index contributed by atoms with van der Waals surface area (Å²) >= 11 is 0. The maximum atomic E-state index is 10.6. The third-order valence-electron chi connectivity index (χ3n) is 1.33. The van der Waals surface area contributed by atoms with E-state index in [-0.39, 0.29) is 18.6 Å². The Morgan fingerprint density at radius 3 is 2.82 bits per heavy atom. The zero-order valence-electron chi connectivity index (χ0n) is 6.89. The molecule has 1 atom stereocenters. The molecule has 62 valence electrons. The van der Waals surface area contributed by atoms with Gasteiger partial charge in [0.15, 0.2) is 0 Å². The Hall–Kier alpha value is -1.01. The summed E-state index contributed by atoms with van der Waals surface area (Å²) in [7, 11) is 1.35. The Morgan fingerprint density at radius 2 is 2.45 bits per heavy atom. The summed E-state index contributed by atoms with van der Waals surface area (Å²) in [6.07, 6.45) is 5.96. The fourth-order valence-electron chi connectivity index (χ4n) is 0.600. The summed E-state index contributed by atoms with van der Waals surface area (Å²) in [6, 6.07) is -0.0332. The van der Waals surface area contributed by atoms with Crippen LogP contribution in [-0.4, -0.2) is 25.7 Å². The van der Waals surface area contributed by atoms with Crippen LogP contribution < -0.4 is 5.32 Å². The van der Waals surface area contributed by atoms with Crippen LogP contribution in [0.4, 0.5) is 0 Å². The van der Waals surface area contributed by atoms with Crippen molar-refractivity contribution in [3.63, 3.8) is 0 Å². The minimum Gasteiger partial charge on any atom is -0.468 e. The van der Waals surface area contributed by atoms with E-state index in [1.54, 1.807) is 0 Å². The van der Waals surface area contributed by atoms with Crippen LogP contribution in [0, 0.1) is 12.3 Å². The van der Waals surface area contributed by atoms with Crippen molar-refractivity contribution in [1.29, 1.82) is 0 Å². The van der Waals surface area contributed by atoms with Gasteiger partial charge in [0.05, 0.1) is 19.7 Å². The largest absolute Gasteiger partial charge is 0.468 e. The number of hydrogen-bond acceptors (Lipinski definition) is 3. The first-order valence-corrected chi connectivity index (χ1v) is 3.50. The molecule has 0 fully saturated rings. The molecule has 1 N–H and O–H groups in total. The molecule has 0 aromatic heterocycles. The number of ether oxygens (including phenoxy) is 1. The number of hydrogen-bond donors (Lipinski definition) is 1. The number of carbonyl (C=O) groups excluding carboxylic acids is 1. The summed E-state index contributed by atoms with van der Waals surface area (Å²) in [5.41, 5.74) is 0. The van der Waals surface area contributed by atoms with E-state index >= 15 is 0 Å². The summed E-state index contributed by atoms with van der Waals surface area (Å²) in [5, 5.41) is 2.86. The fraction of sp³-hybridized carbons (Fsp3) is 0.625. The molecule has 0 saturated heterocycles. The van der Waals surface area contributed by atoms with Crippen molar-refractivity contribution >= 4 is 5.97 Å². The maximum absolute atomic E-state index is 10.6. The molecule has 0 aromatic rings. The van der Waals surface area contributed by atoms with E-state index in [2.05, 4.69) is 16.0 Å². The average Bonchev–Trinajstić information content (AvgIpc) is 2.06. The molecule has 0 aliphatic rings. The fourth-order valence-corrected chi connectivity index (χ4v) is 0.600. The Bertz CT molecular complexity index is 160. The normalized spacial score (nSPS) is 11.7. The molecular weight excluding hydrogens is 142 g/mol. The lowest BCUT2D eigenvalue weighted by atomic mass is 10.2. The number of carbonyl (C=O) groups is 1. The molecule has 1 unspecified atom stereocenters. The molecule has 0 saturated carbocycles. The van der Waals surface area contributed by atoms with Gasteiger partial charge in [-0.05, 0) is 6.42 Å². The van der Waals surface area contributed by atoms with Gasteiger partial charge in [0.25, 0.3) is 0 Å². The minimum atomic E-state index is -0.293. The molecule has 0 rings (SSSR count). The maximum Gasteiger partial charge on any atom is 0.319 e. The number of esters is 1. The van der Waals surface area contributed by atoms with Gasteiger partial charge < -0.3 is 4.74 Å². The first-order chi connectivity index (χ1) is 5.24. The van der Waals surface area contributed by atoms with Crippen LogP contribution in [0.3, 0.4) is 0 Å². The standard InChI is InChI=1S/C8H13NO2/c1-4-7(5-2)9-6-8(10)11-3/h1,7,9H,5-6H2,2-3H3. The summed E-state index contributed by atoms with van der Waals surface area (Å²) in [4.78, 5) is 10.6. The van der Waals surface area contributed by atoms with Crippen LogP contribution in [0.15, 0.2) is 0 Å². The van der Waals surface area contributed by atoms with Crippen molar-refractivity contribution < 1.29 is 9.53 Å². The van der Waals surface area contributed by atoms with Crippen molar-refractivity contribution in [3.05, 3.63) is 0 Å². The van der Waals surface area contributed by atoms with Crippen LogP contribution in [-0.2, 0) is 9.53 Å². The van der Waals surface area contributed by atoms with Crippen LogP contribution in [0.25, 0.3) is 0 Å². The van der Waals surface area contributed by atoms with E-state index in [4.69, 9.17) is 6.42 Å². The highest BCUT2D eigenvalue weighted by Gasteiger charge is 2.03.